The number of imidazole rings is 1. The third-order valence-corrected chi connectivity index (χ3v) is 2.69. The predicted octanol–water partition coefficient (Wildman–Crippen LogP) is 0.268. The highest BCUT2D eigenvalue weighted by Gasteiger charge is 2.40. The third kappa shape index (κ3) is 0.677. The normalized spacial score (nSPS) is 28.1. The second-order valence-corrected chi connectivity index (χ2v) is 3.57. The van der Waals surface area contributed by atoms with Gasteiger partial charge in [0.15, 0.2) is 0 Å². The lowest BCUT2D eigenvalue weighted by atomic mass is 9.98. The minimum absolute atomic E-state index is 0.128. The van der Waals surface area contributed by atoms with Crippen molar-refractivity contribution in [2.75, 3.05) is 0 Å². The fraction of sp³-hybridized carbons (Fsp3) is 0.222. The molecule has 0 saturated carbocycles. The summed E-state index contributed by atoms with van der Waals surface area (Å²) in [4.78, 5) is 19.6. The van der Waals surface area contributed by atoms with Gasteiger partial charge in [0.1, 0.15) is 11.2 Å². The van der Waals surface area contributed by atoms with Gasteiger partial charge in [0.2, 0.25) is 0 Å². The molecule has 1 atom stereocenters. The van der Waals surface area contributed by atoms with E-state index in [0.29, 0.717) is 5.69 Å². The van der Waals surface area contributed by atoms with Crippen molar-refractivity contribution in [3.8, 4) is 0 Å². The van der Waals surface area contributed by atoms with Crippen LogP contribution in [0.5, 0.6) is 0 Å². The molecular formula is C9H8N4O. The second-order valence-electron chi connectivity index (χ2n) is 3.57. The van der Waals surface area contributed by atoms with Crippen molar-refractivity contribution in [2.24, 2.45) is 4.99 Å². The summed E-state index contributed by atoms with van der Waals surface area (Å²) >= 11 is 0. The van der Waals surface area contributed by atoms with Crippen molar-refractivity contribution >= 4 is 12.1 Å². The number of fused-ring (bicyclic) bond motifs is 3. The van der Waals surface area contributed by atoms with E-state index in [0.717, 1.165) is 5.70 Å². The van der Waals surface area contributed by atoms with E-state index in [1.807, 2.05) is 11.5 Å². The molecular weight excluding hydrogens is 180 g/mol. The average molecular weight is 188 g/mol. The molecule has 14 heavy (non-hydrogen) atoms. The first-order chi connectivity index (χ1) is 6.72. The summed E-state index contributed by atoms with van der Waals surface area (Å²) in [7, 11) is 0. The molecule has 1 N–H and O–H groups in total. The van der Waals surface area contributed by atoms with Crippen molar-refractivity contribution in [2.45, 2.75) is 12.5 Å². The van der Waals surface area contributed by atoms with E-state index in [2.05, 4.69) is 15.3 Å². The van der Waals surface area contributed by atoms with Gasteiger partial charge in [-0.25, -0.2) is 4.98 Å². The molecule has 2 aliphatic rings. The largest absolute Gasteiger partial charge is 0.320 e. The lowest BCUT2D eigenvalue weighted by Gasteiger charge is -2.32. The predicted molar refractivity (Wildman–Crippen MR) is 49.9 cm³/mol. The summed E-state index contributed by atoms with van der Waals surface area (Å²) < 4.78 is 1.83. The quantitative estimate of drug-likeness (QED) is 0.635. The van der Waals surface area contributed by atoms with Gasteiger partial charge in [-0.1, -0.05) is 0 Å². The Bertz CT molecular complexity index is 485. The zero-order valence-electron chi connectivity index (χ0n) is 7.56. The maximum Gasteiger partial charge on any atom is 0.273 e. The minimum atomic E-state index is -0.375. The Morgan fingerprint density at radius 1 is 1.57 bits per heavy atom. The summed E-state index contributed by atoms with van der Waals surface area (Å²) in [6, 6.07) is 0. The number of carbonyl (C=O) groups excluding carboxylic acids is 1. The number of nitrogens with one attached hydrogen (secondary N) is 1. The molecule has 1 amide bonds. The van der Waals surface area contributed by atoms with Gasteiger partial charge < -0.3 is 9.88 Å². The summed E-state index contributed by atoms with van der Waals surface area (Å²) in [6.45, 7) is 1.99. The molecule has 1 aromatic rings. The van der Waals surface area contributed by atoms with Gasteiger partial charge in [-0.05, 0) is 6.92 Å². The van der Waals surface area contributed by atoms with Crippen LogP contribution in [0.25, 0.3) is 0 Å². The number of allylic oxidation sites excluding steroid dienone is 1. The van der Waals surface area contributed by atoms with Gasteiger partial charge >= 0.3 is 0 Å². The van der Waals surface area contributed by atoms with E-state index in [9.17, 15) is 4.79 Å². The van der Waals surface area contributed by atoms with Crippen LogP contribution in [0.4, 0.5) is 0 Å². The smallest absolute Gasteiger partial charge is 0.273 e. The third-order valence-electron chi connectivity index (χ3n) is 2.69. The number of hydrogen-bond acceptors (Lipinski definition) is 3. The monoisotopic (exact) mass is 188 g/mol. The molecule has 0 spiro atoms. The molecule has 0 aliphatic carbocycles. The molecule has 0 radical (unpaired) electrons. The lowest BCUT2D eigenvalue weighted by molar-refractivity contribution is 0.0931. The first-order valence-electron chi connectivity index (χ1n) is 4.31. The van der Waals surface area contributed by atoms with Crippen LogP contribution in [-0.2, 0) is 5.54 Å². The van der Waals surface area contributed by atoms with Crippen LogP contribution >= 0.6 is 0 Å². The summed E-state index contributed by atoms with van der Waals surface area (Å²) in [5, 5.41) is 2.80. The molecule has 70 valence electrons. The Kier molecular flexibility index (Phi) is 1.13. The van der Waals surface area contributed by atoms with Gasteiger partial charge in [-0.15, -0.1) is 0 Å². The molecule has 2 aliphatic heterocycles. The fourth-order valence-electron chi connectivity index (χ4n) is 1.83. The number of amides is 1. The zero-order valence-corrected chi connectivity index (χ0v) is 7.56. The zero-order chi connectivity index (χ0) is 9.76. The van der Waals surface area contributed by atoms with Gasteiger partial charge in [0.05, 0.1) is 18.2 Å². The molecule has 1 unspecified atom stereocenters. The number of aliphatic imine (C=N–C) groups is 1. The molecule has 0 fully saturated rings. The second kappa shape index (κ2) is 2.12. The maximum atomic E-state index is 11.6. The van der Waals surface area contributed by atoms with Crippen molar-refractivity contribution in [3.05, 3.63) is 30.1 Å². The van der Waals surface area contributed by atoms with E-state index in [-0.39, 0.29) is 11.4 Å². The summed E-state index contributed by atoms with van der Waals surface area (Å²) in [5.74, 6) is -0.128. The first-order valence-corrected chi connectivity index (χ1v) is 4.31. The van der Waals surface area contributed by atoms with Crippen LogP contribution in [0.3, 0.4) is 0 Å². The van der Waals surface area contributed by atoms with Crippen LogP contribution in [0.1, 0.15) is 17.4 Å². The lowest BCUT2D eigenvalue weighted by Crippen LogP contribution is -2.47. The standard InChI is InChI=1S/C9H8N4O/c1-9-4-10-3-7(9)12-8(14)6-2-11-5-13(6)9/h2-5H,1H3,(H,12,14). The van der Waals surface area contributed by atoms with Crippen LogP contribution < -0.4 is 5.32 Å². The maximum absolute atomic E-state index is 11.6. The van der Waals surface area contributed by atoms with Crippen molar-refractivity contribution in [3.63, 3.8) is 0 Å². The van der Waals surface area contributed by atoms with E-state index in [4.69, 9.17) is 0 Å². The highest BCUT2D eigenvalue weighted by Crippen LogP contribution is 2.30. The molecule has 0 aromatic carbocycles. The Labute approximate surface area is 80.2 Å². The van der Waals surface area contributed by atoms with Crippen LogP contribution in [0, 0.1) is 0 Å². The Hall–Kier alpha value is -1.91. The molecule has 3 rings (SSSR count). The van der Waals surface area contributed by atoms with Gasteiger partial charge in [-0.2, -0.15) is 0 Å². The fourth-order valence-corrected chi connectivity index (χ4v) is 1.83. The highest BCUT2D eigenvalue weighted by molar-refractivity contribution is 5.98. The Morgan fingerprint density at radius 3 is 3.29 bits per heavy atom. The number of hydrogen-bond donors (Lipinski definition) is 1. The van der Waals surface area contributed by atoms with E-state index in [1.165, 1.54) is 0 Å². The molecule has 0 bridgehead atoms. The summed E-state index contributed by atoms with van der Waals surface area (Å²) in [6.07, 6.45) is 6.68. The van der Waals surface area contributed by atoms with Crippen LogP contribution in [0.2, 0.25) is 0 Å². The number of rotatable bonds is 0. The molecule has 5 nitrogen and oxygen atoms in total. The van der Waals surface area contributed by atoms with E-state index in [1.54, 1.807) is 24.9 Å². The Balaban J connectivity index is 2.31. The Morgan fingerprint density at radius 2 is 2.43 bits per heavy atom. The summed E-state index contributed by atoms with van der Waals surface area (Å²) in [5.41, 5.74) is 0.991. The minimum Gasteiger partial charge on any atom is -0.320 e. The van der Waals surface area contributed by atoms with Crippen LogP contribution in [-0.4, -0.2) is 21.7 Å². The topological polar surface area (TPSA) is 59.3 Å². The molecule has 0 saturated heterocycles. The van der Waals surface area contributed by atoms with Crippen molar-refractivity contribution < 1.29 is 4.79 Å². The van der Waals surface area contributed by atoms with Gasteiger partial charge in [-0.3, -0.25) is 9.79 Å². The number of aromatic nitrogens is 2. The van der Waals surface area contributed by atoms with Gasteiger partial charge in [0.25, 0.3) is 5.91 Å². The first kappa shape index (κ1) is 7.49. The van der Waals surface area contributed by atoms with Crippen molar-refractivity contribution in [1.29, 1.82) is 0 Å². The van der Waals surface area contributed by atoms with E-state index >= 15 is 0 Å². The number of nitrogens with zero attached hydrogens (tertiary/aromatic N) is 3. The average Bonchev–Trinajstić information content (AvgIpc) is 2.72. The van der Waals surface area contributed by atoms with Gasteiger partial charge in [0, 0.05) is 12.4 Å². The number of carbonyl (C=O) groups is 1. The van der Waals surface area contributed by atoms with Crippen molar-refractivity contribution in [1.82, 2.24) is 14.9 Å². The van der Waals surface area contributed by atoms with E-state index < -0.39 is 0 Å². The highest BCUT2D eigenvalue weighted by atomic mass is 16.2. The SMILES string of the molecule is CC12C=NC=C1NC(=O)c1cncn12. The van der Waals surface area contributed by atoms with Crippen LogP contribution in [0.15, 0.2) is 29.4 Å². The molecule has 5 heteroatoms. The molecule has 1 aromatic heterocycles. The molecule has 3 heterocycles.